The average Bonchev–Trinajstić information content (AvgIpc) is 2.48. The Hall–Kier alpha value is -2.33. The van der Waals surface area contributed by atoms with Crippen LogP contribution in [0.2, 0.25) is 5.02 Å². The summed E-state index contributed by atoms with van der Waals surface area (Å²) < 4.78 is 0. The molecule has 0 saturated carbocycles. The zero-order chi connectivity index (χ0) is 13.9. The third kappa shape index (κ3) is 2.51. The van der Waals surface area contributed by atoms with Gasteiger partial charge in [0.1, 0.15) is 5.75 Å². The highest BCUT2D eigenvalue weighted by molar-refractivity contribution is 6.32. The lowest BCUT2D eigenvalue weighted by atomic mass is 10.2. The normalized spacial score (nSPS) is 10.7. The molecule has 0 spiro atoms. The molecule has 0 unspecified atom stereocenters. The Morgan fingerprint density at radius 2 is 1.85 bits per heavy atom. The highest BCUT2D eigenvalue weighted by Crippen LogP contribution is 2.27. The number of hydrogen-bond acceptors (Lipinski definition) is 4. The van der Waals surface area contributed by atoms with Crippen molar-refractivity contribution in [1.82, 2.24) is 9.97 Å². The number of hydrogen-bond donors (Lipinski definition) is 2. The summed E-state index contributed by atoms with van der Waals surface area (Å²) in [7, 11) is 0. The fraction of sp³-hybridized carbons (Fsp3) is 0.0667. The number of nitrogens with zero attached hydrogens (tertiary/aromatic N) is 2. The predicted octanol–water partition coefficient (Wildman–Crippen LogP) is 3.60. The molecule has 0 aliphatic carbocycles. The first-order chi connectivity index (χ1) is 9.74. The lowest BCUT2D eigenvalue weighted by molar-refractivity contribution is 0.469. The van der Waals surface area contributed by atoms with Crippen LogP contribution in [0.1, 0.15) is 5.56 Å². The van der Waals surface area contributed by atoms with Crippen LogP contribution in [0.25, 0.3) is 11.0 Å². The van der Waals surface area contributed by atoms with Crippen molar-refractivity contribution in [3.05, 3.63) is 59.4 Å². The van der Waals surface area contributed by atoms with Gasteiger partial charge in [0.25, 0.3) is 0 Å². The van der Waals surface area contributed by atoms with Gasteiger partial charge < -0.3 is 10.4 Å². The summed E-state index contributed by atoms with van der Waals surface area (Å²) in [5.41, 5.74) is 3.34. The molecule has 2 aromatic carbocycles. The fourth-order valence-corrected chi connectivity index (χ4v) is 2.17. The maximum atomic E-state index is 9.85. The van der Waals surface area contributed by atoms with Gasteiger partial charge in [-0.25, -0.2) is 0 Å². The van der Waals surface area contributed by atoms with Gasteiger partial charge in [-0.3, -0.25) is 9.97 Å². The molecular formula is C15H12ClN3O. The molecule has 0 aliphatic rings. The van der Waals surface area contributed by atoms with E-state index in [-0.39, 0.29) is 5.75 Å². The highest BCUT2D eigenvalue weighted by atomic mass is 35.5. The number of anilines is 1. The number of aromatic hydroxyl groups is 1. The first-order valence-electron chi connectivity index (χ1n) is 6.15. The Morgan fingerprint density at radius 3 is 2.70 bits per heavy atom. The van der Waals surface area contributed by atoms with Crippen molar-refractivity contribution >= 4 is 28.3 Å². The van der Waals surface area contributed by atoms with Gasteiger partial charge in [-0.05, 0) is 24.3 Å². The topological polar surface area (TPSA) is 58.0 Å². The quantitative estimate of drug-likeness (QED) is 0.772. The van der Waals surface area contributed by atoms with Crippen LogP contribution in [0, 0.1) is 0 Å². The van der Waals surface area contributed by atoms with E-state index < -0.39 is 0 Å². The van der Waals surface area contributed by atoms with Crippen LogP contribution in [0.3, 0.4) is 0 Å². The lowest BCUT2D eigenvalue weighted by Crippen LogP contribution is -2.00. The summed E-state index contributed by atoms with van der Waals surface area (Å²) in [5, 5.41) is 13.4. The number of fused-ring (bicyclic) bond motifs is 1. The maximum Gasteiger partial charge on any atom is 0.139 e. The minimum atomic E-state index is 0.113. The minimum Gasteiger partial charge on any atom is -0.506 e. The number of halogens is 1. The number of benzene rings is 2. The molecular weight excluding hydrogens is 274 g/mol. The van der Waals surface area contributed by atoms with Crippen molar-refractivity contribution in [2.24, 2.45) is 0 Å². The number of phenols is 1. The molecule has 4 nitrogen and oxygen atoms in total. The molecule has 0 radical (unpaired) electrons. The molecule has 1 heterocycles. The number of phenolic OH excluding ortho intramolecular Hbond substituents is 1. The second-order valence-electron chi connectivity index (χ2n) is 4.36. The van der Waals surface area contributed by atoms with Crippen LogP contribution < -0.4 is 5.32 Å². The maximum absolute atomic E-state index is 9.85. The zero-order valence-corrected chi connectivity index (χ0v) is 11.3. The summed E-state index contributed by atoms with van der Waals surface area (Å²) in [6.07, 6.45) is 3.33. The van der Waals surface area contributed by atoms with E-state index in [1.807, 2.05) is 30.3 Å². The summed E-state index contributed by atoms with van der Waals surface area (Å²) in [5.74, 6) is 0.113. The monoisotopic (exact) mass is 285 g/mol. The Morgan fingerprint density at radius 1 is 1.05 bits per heavy atom. The van der Waals surface area contributed by atoms with Crippen LogP contribution in [-0.4, -0.2) is 15.1 Å². The van der Waals surface area contributed by atoms with Crippen LogP contribution in [-0.2, 0) is 6.54 Å². The molecule has 1 aromatic heterocycles. The second kappa shape index (κ2) is 5.35. The molecule has 5 heteroatoms. The van der Waals surface area contributed by atoms with Crippen LogP contribution >= 0.6 is 11.6 Å². The second-order valence-corrected chi connectivity index (χ2v) is 4.77. The average molecular weight is 286 g/mol. The summed E-state index contributed by atoms with van der Waals surface area (Å²) in [6.45, 7) is 0.484. The molecule has 0 bridgehead atoms. The van der Waals surface area contributed by atoms with Gasteiger partial charge in [-0.2, -0.15) is 0 Å². The Labute approximate surface area is 121 Å². The third-order valence-corrected chi connectivity index (χ3v) is 3.33. The summed E-state index contributed by atoms with van der Waals surface area (Å²) >= 11 is 5.88. The molecule has 20 heavy (non-hydrogen) atoms. The Bertz CT molecular complexity index is 761. The molecule has 3 rings (SSSR count). The van der Waals surface area contributed by atoms with Gasteiger partial charge in [-0.1, -0.05) is 23.7 Å². The standard InChI is InChI=1S/C15H12ClN3O/c16-12-3-1-2-10(15(12)20)9-19-11-4-5-13-14(8-11)18-7-6-17-13/h1-8,19-20H,9H2. The number of para-hydroxylation sites is 1. The molecule has 0 saturated heterocycles. The van der Waals surface area contributed by atoms with Crippen molar-refractivity contribution in [3.63, 3.8) is 0 Å². The van der Waals surface area contributed by atoms with E-state index in [9.17, 15) is 5.11 Å². The van der Waals surface area contributed by atoms with Gasteiger partial charge in [-0.15, -0.1) is 0 Å². The highest BCUT2D eigenvalue weighted by Gasteiger charge is 2.05. The Kier molecular flexibility index (Phi) is 3.39. The SMILES string of the molecule is Oc1c(Cl)cccc1CNc1ccc2nccnc2c1. The van der Waals surface area contributed by atoms with Crippen molar-refractivity contribution in [3.8, 4) is 5.75 Å². The van der Waals surface area contributed by atoms with Crippen LogP contribution in [0.15, 0.2) is 48.8 Å². The van der Waals surface area contributed by atoms with Gasteiger partial charge in [0.05, 0.1) is 16.1 Å². The van der Waals surface area contributed by atoms with Crippen molar-refractivity contribution in [2.45, 2.75) is 6.54 Å². The summed E-state index contributed by atoms with van der Waals surface area (Å²) in [6, 6.07) is 11.1. The van der Waals surface area contributed by atoms with E-state index in [0.29, 0.717) is 11.6 Å². The van der Waals surface area contributed by atoms with Crippen molar-refractivity contribution in [1.29, 1.82) is 0 Å². The molecule has 0 atom stereocenters. The largest absolute Gasteiger partial charge is 0.506 e. The first kappa shape index (κ1) is 12.7. The molecule has 2 N–H and O–H groups in total. The number of rotatable bonds is 3. The predicted molar refractivity (Wildman–Crippen MR) is 80.0 cm³/mol. The van der Waals surface area contributed by atoms with E-state index in [1.165, 1.54) is 0 Å². The van der Waals surface area contributed by atoms with Gasteiger partial charge >= 0.3 is 0 Å². The smallest absolute Gasteiger partial charge is 0.139 e. The Balaban J connectivity index is 1.81. The van der Waals surface area contributed by atoms with Gasteiger partial charge in [0.2, 0.25) is 0 Å². The van der Waals surface area contributed by atoms with Crippen molar-refractivity contribution in [2.75, 3.05) is 5.32 Å². The van der Waals surface area contributed by atoms with Crippen LogP contribution in [0.4, 0.5) is 5.69 Å². The van der Waals surface area contributed by atoms with E-state index in [4.69, 9.17) is 11.6 Å². The number of nitrogens with one attached hydrogen (secondary N) is 1. The van der Waals surface area contributed by atoms with E-state index >= 15 is 0 Å². The van der Waals surface area contributed by atoms with E-state index in [1.54, 1.807) is 18.5 Å². The van der Waals surface area contributed by atoms with E-state index in [0.717, 1.165) is 22.3 Å². The molecule has 100 valence electrons. The van der Waals surface area contributed by atoms with Gasteiger partial charge in [0, 0.05) is 30.2 Å². The zero-order valence-electron chi connectivity index (χ0n) is 10.5. The van der Waals surface area contributed by atoms with Gasteiger partial charge in [0.15, 0.2) is 0 Å². The molecule has 0 aliphatic heterocycles. The lowest BCUT2D eigenvalue weighted by Gasteiger charge is -2.09. The minimum absolute atomic E-state index is 0.113. The summed E-state index contributed by atoms with van der Waals surface area (Å²) in [4.78, 5) is 8.47. The fourth-order valence-electron chi connectivity index (χ4n) is 1.97. The molecule has 3 aromatic rings. The van der Waals surface area contributed by atoms with Crippen LogP contribution in [0.5, 0.6) is 5.75 Å². The first-order valence-corrected chi connectivity index (χ1v) is 6.53. The molecule has 0 fully saturated rings. The number of aromatic nitrogens is 2. The third-order valence-electron chi connectivity index (χ3n) is 3.02. The van der Waals surface area contributed by atoms with Crippen molar-refractivity contribution < 1.29 is 5.11 Å². The van der Waals surface area contributed by atoms with E-state index in [2.05, 4.69) is 15.3 Å². The molecule has 0 amide bonds.